The molecule has 2 aromatic heterocycles. The van der Waals surface area contributed by atoms with Gasteiger partial charge in [-0.15, -0.1) is 0 Å². The molecule has 3 heterocycles. The highest BCUT2D eigenvalue weighted by atomic mass is 16.5. The highest BCUT2D eigenvalue weighted by Gasteiger charge is 2.44. The third kappa shape index (κ3) is 4.02. The number of pyridine rings is 1. The molecule has 0 radical (unpaired) electrons. The maximum absolute atomic E-state index is 12.9. The van der Waals surface area contributed by atoms with E-state index in [0.29, 0.717) is 42.8 Å². The molecule has 1 aliphatic carbocycles. The van der Waals surface area contributed by atoms with E-state index in [-0.39, 0.29) is 18.4 Å². The molecular formula is C24H27N3O4. The van der Waals surface area contributed by atoms with Gasteiger partial charge < -0.3 is 19.2 Å². The highest BCUT2D eigenvalue weighted by Crippen LogP contribution is 2.38. The smallest absolute Gasteiger partial charge is 0.231 e. The SMILES string of the molecule is Cc1ccc(O[C@@H]2C[C@@H]3CN(C(=O)Cc4nc5ccccc5o4)C[C@@H]3C[C@H]2O)c(C)n1. The van der Waals surface area contributed by atoms with Gasteiger partial charge in [-0.05, 0) is 62.8 Å². The minimum Gasteiger partial charge on any atom is -0.486 e. The molecule has 7 heteroatoms. The number of rotatable bonds is 4. The van der Waals surface area contributed by atoms with Crippen LogP contribution in [0.4, 0.5) is 0 Å². The van der Waals surface area contributed by atoms with Crippen LogP contribution in [0.2, 0.25) is 0 Å². The molecule has 1 N–H and O–H groups in total. The first-order chi connectivity index (χ1) is 15.0. The van der Waals surface area contributed by atoms with Crippen LogP contribution in [0, 0.1) is 25.7 Å². The standard InChI is InChI=1S/C24H27N3O4/c1-14-7-8-20(15(2)25-14)30-22-10-17-13-27(12-16(17)9-19(22)28)24(29)11-23-26-18-5-3-4-6-21(18)31-23/h3-8,16-17,19,22,28H,9-13H2,1-2H3/t16-,17+,19+,22+/m0/s1. The number of carbonyl (C=O) groups excluding carboxylic acids is 1. The summed E-state index contributed by atoms with van der Waals surface area (Å²) < 4.78 is 11.9. The summed E-state index contributed by atoms with van der Waals surface area (Å²) in [6, 6.07) is 11.4. The van der Waals surface area contributed by atoms with E-state index in [1.54, 1.807) is 0 Å². The third-order valence-corrected chi connectivity index (χ3v) is 6.53. The summed E-state index contributed by atoms with van der Waals surface area (Å²) in [5.41, 5.74) is 3.24. The average molecular weight is 421 g/mol. The van der Waals surface area contributed by atoms with Crippen molar-refractivity contribution in [2.24, 2.45) is 11.8 Å². The number of benzene rings is 1. The van der Waals surface area contributed by atoms with Crippen LogP contribution >= 0.6 is 0 Å². The van der Waals surface area contributed by atoms with Crippen LogP contribution in [0.1, 0.15) is 30.1 Å². The second-order valence-electron chi connectivity index (χ2n) is 8.80. The van der Waals surface area contributed by atoms with Crippen molar-refractivity contribution >= 4 is 17.0 Å². The van der Waals surface area contributed by atoms with Gasteiger partial charge in [0.05, 0.1) is 11.8 Å². The fourth-order valence-corrected chi connectivity index (χ4v) is 4.92. The number of hydrogen-bond acceptors (Lipinski definition) is 6. The number of likely N-dealkylation sites (tertiary alicyclic amines) is 1. The molecule has 1 aromatic carbocycles. The maximum Gasteiger partial charge on any atom is 0.231 e. The number of nitrogens with zero attached hydrogens (tertiary/aromatic N) is 3. The number of aliphatic hydroxyl groups excluding tert-OH is 1. The van der Waals surface area contributed by atoms with Gasteiger partial charge in [-0.25, -0.2) is 4.98 Å². The van der Waals surface area contributed by atoms with E-state index in [2.05, 4.69) is 9.97 Å². The Kier molecular flexibility index (Phi) is 5.14. The summed E-state index contributed by atoms with van der Waals surface area (Å²) in [4.78, 5) is 23.6. The topological polar surface area (TPSA) is 88.7 Å². The van der Waals surface area contributed by atoms with Crippen LogP contribution in [0.3, 0.4) is 0 Å². The Hall–Kier alpha value is -2.93. The molecule has 5 rings (SSSR count). The zero-order valence-corrected chi connectivity index (χ0v) is 17.8. The van der Waals surface area contributed by atoms with Crippen molar-refractivity contribution in [1.82, 2.24) is 14.9 Å². The third-order valence-electron chi connectivity index (χ3n) is 6.53. The molecule has 2 aliphatic rings. The molecule has 1 amide bonds. The molecule has 31 heavy (non-hydrogen) atoms. The second kappa shape index (κ2) is 7.96. The van der Waals surface area contributed by atoms with Gasteiger partial charge in [0, 0.05) is 18.8 Å². The number of ether oxygens (including phenoxy) is 1. The quantitative estimate of drug-likeness (QED) is 0.697. The summed E-state index contributed by atoms with van der Waals surface area (Å²) in [7, 11) is 0. The van der Waals surface area contributed by atoms with Gasteiger partial charge >= 0.3 is 0 Å². The number of hydrogen-bond donors (Lipinski definition) is 1. The lowest BCUT2D eigenvalue weighted by Crippen LogP contribution is -2.42. The second-order valence-corrected chi connectivity index (χ2v) is 8.80. The first-order valence-electron chi connectivity index (χ1n) is 10.9. The number of fused-ring (bicyclic) bond motifs is 2. The van der Waals surface area contributed by atoms with Crippen LogP contribution in [0.15, 0.2) is 40.8 Å². The Labute approximate surface area is 181 Å². The van der Waals surface area contributed by atoms with E-state index in [1.807, 2.05) is 55.1 Å². The van der Waals surface area contributed by atoms with Gasteiger partial charge in [-0.2, -0.15) is 0 Å². The molecule has 162 valence electrons. The first kappa shape index (κ1) is 20.0. The molecule has 1 saturated carbocycles. The molecule has 1 saturated heterocycles. The number of aliphatic hydroxyl groups is 1. The Morgan fingerprint density at radius 3 is 2.68 bits per heavy atom. The number of oxazole rings is 1. The van der Waals surface area contributed by atoms with Crippen molar-refractivity contribution in [2.75, 3.05) is 13.1 Å². The molecule has 7 nitrogen and oxygen atoms in total. The van der Waals surface area contributed by atoms with Gasteiger partial charge in [-0.1, -0.05) is 12.1 Å². The van der Waals surface area contributed by atoms with E-state index in [0.717, 1.165) is 29.1 Å². The van der Waals surface area contributed by atoms with E-state index < -0.39 is 6.10 Å². The van der Waals surface area contributed by atoms with Crippen LogP contribution in [-0.4, -0.2) is 51.2 Å². The van der Waals surface area contributed by atoms with Crippen LogP contribution in [0.25, 0.3) is 11.1 Å². The van der Waals surface area contributed by atoms with Crippen molar-refractivity contribution in [3.05, 3.63) is 53.7 Å². The van der Waals surface area contributed by atoms with Gasteiger partial charge in [-0.3, -0.25) is 9.78 Å². The van der Waals surface area contributed by atoms with Crippen molar-refractivity contribution in [1.29, 1.82) is 0 Å². The largest absolute Gasteiger partial charge is 0.486 e. The molecule has 2 fully saturated rings. The minimum absolute atomic E-state index is 0.0199. The lowest BCUT2D eigenvalue weighted by Gasteiger charge is -2.35. The summed E-state index contributed by atoms with van der Waals surface area (Å²) >= 11 is 0. The van der Waals surface area contributed by atoms with Crippen molar-refractivity contribution in [2.45, 2.75) is 45.3 Å². The summed E-state index contributed by atoms with van der Waals surface area (Å²) in [6.07, 6.45) is 0.697. The number of carbonyl (C=O) groups is 1. The number of amides is 1. The average Bonchev–Trinajstić information content (AvgIpc) is 3.33. The number of aryl methyl sites for hydroxylation is 2. The van der Waals surface area contributed by atoms with E-state index in [1.165, 1.54) is 0 Å². The molecule has 3 aromatic rings. The van der Waals surface area contributed by atoms with E-state index >= 15 is 0 Å². The summed E-state index contributed by atoms with van der Waals surface area (Å²) in [5.74, 6) is 1.80. The number of aromatic nitrogens is 2. The fourth-order valence-electron chi connectivity index (χ4n) is 4.92. The predicted molar refractivity (Wildman–Crippen MR) is 115 cm³/mol. The zero-order chi connectivity index (χ0) is 21.5. The minimum atomic E-state index is -0.547. The lowest BCUT2D eigenvalue weighted by molar-refractivity contribution is -0.130. The lowest BCUT2D eigenvalue weighted by atomic mass is 9.78. The summed E-state index contributed by atoms with van der Waals surface area (Å²) in [6.45, 7) is 5.21. The van der Waals surface area contributed by atoms with Gasteiger partial charge in [0.2, 0.25) is 11.8 Å². The first-order valence-corrected chi connectivity index (χ1v) is 10.9. The number of para-hydroxylation sites is 2. The maximum atomic E-state index is 12.9. The van der Waals surface area contributed by atoms with E-state index in [9.17, 15) is 9.90 Å². The Morgan fingerprint density at radius 2 is 1.90 bits per heavy atom. The molecule has 0 spiro atoms. The monoisotopic (exact) mass is 421 g/mol. The van der Waals surface area contributed by atoms with Crippen LogP contribution in [0.5, 0.6) is 5.75 Å². The highest BCUT2D eigenvalue weighted by molar-refractivity contribution is 5.79. The van der Waals surface area contributed by atoms with Gasteiger partial charge in [0.15, 0.2) is 5.58 Å². The summed E-state index contributed by atoms with van der Waals surface area (Å²) in [5, 5.41) is 10.7. The van der Waals surface area contributed by atoms with Crippen LogP contribution in [-0.2, 0) is 11.2 Å². The predicted octanol–water partition coefficient (Wildman–Crippen LogP) is 3.06. The Morgan fingerprint density at radius 1 is 1.13 bits per heavy atom. The van der Waals surface area contributed by atoms with Gasteiger partial charge in [0.1, 0.15) is 23.8 Å². The van der Waals surface area contributed by atoms with E-state index in [4.69, 9.17) is 9.15 Å². The normalized spacial score (nSPS) is 25.6. The molecule has 0 bridgehead atoms. The molecule has 0 unspecified atom stereocenters. The Bertz CT molecular complexity index is 1080. The van der Waals surface area contributed by atoms with Crippen molar-refractivity contribution in [3.8, 4) is 5.75 Å². The zero-order valence-electron chi connectivity index (χ0n) is 17.8. The fraction of sp³-hybridized carbons (Fsp3) is 0.458. The Balaban J connectivity index is 1.23. The van der Waals surface area contributed by atoms with Gasteiger partial charge in [0.25, 0.3) is 0 Å². The van der Waals surface area contributed by atoms with Crippen molar-refractivity contribution in [3.63, 3.8) is 0 Å². The van der Waals surface area contributed by atoms with Crippen molar-refractivity contribution < 1.29 is 19.1 Å². The molecular weight excluding hydrogens is 394 g/mol. The van der Waals surface area contributed by atoms with Crippen LogP contribution < -0.4 is 4.74 Å². The molecule has 4 atom stereocenters. The molecule has 1 aliphatic heterocycles.